The average molecular weight is 289 g/mol. The van der Waals surface area contributed by atoms with Crippen molar-refractivity contribution in [2.24, 2.45) is 0 Å². The number of carbonyl (C=O) groups is 1. The molecular formula is C12H11N5O2S. The van der Waals surface area contributed by atoms with Gasteiger partial charge in [-0.15, -0.1) is 11.3 Å². The fraction of sp³-hybridized carbons (Fsp3) is 0.167. The second-order valence-electron chi connectivity index (χ2n) is 4.09. The van der Waals surface area contributed by atoms with Crippen molar-refractivity contribution in [3.8, 4) is 0 Å². The summed E-state index contributed by atoms with van der Waals surface area (Å²) < 4.78 is 1.72. The molecule has 8 heteroatoms. The average Bonchev–Trinajstić information content (AvgIpc) is 3.07. The second kappa shape index (κ2) is 5.25. The largest absolute Gasteiger partial charge is 0.476 e. The Bertz CT molecular complexity index is 751. The summed E-state index contributed by atoms with van der Waals surface area (Å²) in [6, 6.07) is 1.97. The van der Waals surface area contributed by atoms with Crippen molar-refractivity contribution >= 4 is 33.3 Å². The maximum Gasteiger partial charge on any atom is 0.356 e. The highest BCUT2D eigenvalue weighted by Crippen LogP contribution is 2.23. The first-order chi connectivity index (χ1) is 9.74. The quantitative estimate of drug-likeness (QED) is 0.742. The molecule has 0 aliphatic carbocycles. The van der Waals surface area contributed by atoms with Gasteiger partial charge in [-0.05, 0) is 11.4 Å². The number of fused-ring (bicyclic) bond motifs is 1. The topological polar surface area (TPSA) is 92.9 Å². The second-order valence-corrected chi connectivity index (χ2v) is 4.98. The molecule has 0 unspecified atom stereocenters. The Labute approximate surface area is 117 Å². The molecule has 0 saturated heterocycles. The predicted octanol–water partition coefficient (Wildman–Crippen LogP) is 1.70. The molecule has 3 aromatic heterocycles. The van der Waals surface area contributed by atoms with Gasteiger partial charge in [0.2, 0.25) is 0 Å². The normalized spacial score (nSPS) is 10.8. The molecule has 20 heavy (non-hydrogen) atoms. The number of carboxylic acid groups (broad SMARTS) is 1. The number of rotatable bonds is 5. The molecule has 102 valence electrons. The molecule has 3 aromatic rings. The molecule has 0 radical (unpaired) electrons. The van der Waals surface area contributed by atoms with Gasteiger partial charge in [0, 0.05) is 19.3 Å². The lowest BCUT2D eigenvalue weighted by molar-refractivity contribution is 0.0691. The number of carboxylic acids is 1. The van der Waals surface area contributed by atoms with Crippen LogP contribution in [0.3, 0.4) is 0 Å². The van der Waals surface area contributed by atoms with E-state index in [1.165, 1.54) is 18.9 Å². The molecule has 0 spiro atoms. The molecule has 3 rings (SSSR count). The van der Waals surface area contributed by atoms with E-state index in [-0.39, 0.29) is 5.69 Å². The van der Waals surface area contributed by atoms with Crippen LogP contribution in [0.5, 0.6) is 0 Å². The Morgan fingerprint density at radius 1 is 1.40 bits per heavy atom. The van der Waals surface area contributed by atoms with Crippen molar-refractivity contribution in [2.45, 2.75) is 6.54 Å². The van der Waals surface area contributed by atoms with Gasteiger partial charge in [0.15, 0.2) is 5.69 Å². The highest BCUT2D eigenvalue weighted by Gasteiger charge is 2.07. The monoisotopic (exact) mass is 289 g/mol. The van der Waals surface area contributed by atoms with Gasteiger partial charge in [-0.1, -0.05) is 0 Å². The number of hydrogen-bond acceptors (Lipinski definition) is 6. The van der Waals surface area contributed by atoms with Crippen molar-refractivity contribution in [3.63, 3.8) is 0 Å². The zero-order valence-corrected chi connectivity index (χ0v) is 11.2. The number of aromatic carboxylic acids is 1. The molecule has 0 fully saturated rings. The molecule has 0 aliphatic heterocycles. The van der Waals surface area contributed by atoms with Crippen molar-refractivity contribution < 1.29 is 9.90 Å². The van der Waals surface area contributed by atoms with E-state index < -0.39 is 5.97 Å². The van der Waals surface area contributed by atoms with Gasteiger partial charge in [-0.3, -0.25) is 0 Å². The van der Waals surface area contributed by atoms with E-state index in [0.29, 0.717) is 13.1 Å². The molecule has 0 atom stereocenters. The van der Waals surface area contributed by atoms with Gasteiger partial charge in [-0.2, -0.15) is 0 Å². The summed E-state index contributed by atoms with van der Waals surface area (Å²) >= 11 is 1.57. The first kappa shape index (κ1) is 12.5. The molecule has 0 aliphatic rings. The Balaban J connectivity index is 1.64. The summed E-state index contributed by atoms with van der Waals surface area (Å²) in [6.07, 6.45) is 4.54. The third-order valence-electron chi connectivity index (χ3n) is 2.78. The van der Waals surface area contributed by atoms with Crippen LogP contribution in [0.1, 0.15) is 10.5 Å². The minimum atomic E-state index is -1.02. The molecule has 0 aromatic carbocycles. The van der Waals surface area contributed by atoms with Gasteiger partial charge in [0.1, 0.15) is 17.0 Å². The van der Waals surface area contributed by atoms with Crippen molar-refractivity contribution in [1.29, 1.82) is 0 Å². The first-order valence-electron chi connectivity index (χ1n) is 5.91. The van der Waals surface area contributed by atoms with E-state index in [2.05, 4.69) is 20.3 Å². The first-order valence-corrected chi connectivity index (χ1v) is 6.79. The summed E-state index contributed by atoms with van der Waals surface area (Å²) in [5.74, 6) is -0.234. The Morgan fingerprint density at radius 3 is 3.10 bits per heavy atom. The number of anilines is 1. The van der Waals surface area contributed by atoms with Crippen LogP contribution >= 0.6 is 11.3 Å². The standard InChI is InChI=1S/C12H11N5O2S/c18-12(19)9-5-17(7-16-9)3-2-13-10-8-1-4-20-11(8)15-6-14-10/h1,4-7H,2-3H2,(H,18,19)(H,13,14,15). The van der Waals surface area contributed by atoms with E-state index in [0.717, 1.165) is 16.0 Å². The van der Waals surface area contributed by atoms with Crippen LogP contribution in [0, 0.1) is 0 Å². The minimum absolute atomic E-state index is 0.0484. The van der Waals surface area contributed by atoms with Crippen molar-refractivity contribution in [3.05, 3.63) is 36.0 Å². The smallest absolute Gasteiger partial charge is 0.356 e. The third kappa shape index (κ3) is 2.45. The van der Waals surface area contributed by atoms with E-state index in [4.69, 9.17) is 5.11 Å². The maximum atomic E-state index is 10.7. The molecule has 2 N–H and O–H groups in total. The summed E-state index contributed by atoms with van der Waals surface area (Å²) in [7, 11) is 0. The third-order valence-corrected chi connectivity index (χ3v) is 3.60. The molecule has 3 heterocycles. The Hall–Kier alpha value is -2.48. The zero-order chi connectivity index (χ0) is 13.9. The van der Waals surface area contributed by atoms with Crippen molar-refractivity contribution in [1.82, 2.24) is 19.5 Å². The number of nitrogens with zero attached hydrogens (tertiary/aromatic N) is 4. The molecule has 0 bridgehead atoms. The Kier molecular flexibility index (Phi) is 3.30. The number of hydrogen-bond donors (Lipinski definition) is 2. The van der Waals surface area contributed by atoms with Crippen LogP contribution in [0.25, 0.3) is 10.2 Å². The van der Waals surface area contributed by atoms with Crippen LogP contribution < -0.4 is 5.32 Å². The fourth-order valence-electron chi connectivity index (χ4n) is 1.83. The minimum Gasteiger partial charge on any atom is -0.476 e. The number of nitrogens with one attached hydrogen (secondary N) is 1. The van der Waals surface area contributed by atoms with Crippen LogP contribution in [-0.4, -0.2) is 37.1 Å². The van der Waals surface area contributed by atoms with E-state index in [1.54, 1.807) is 15.9 Å². The highest BCUT2D eigenvalue weighted by molar-refractivity contribution is 7.16. The number of aromatic nitrogens is 4. The van der Waals surface area contributed by atoms with Gasteiger partial charge in [0.05, 0.1) is 11.7 Å². The molecule has 0 saturated carbocycles. The SMILES string of the molecule is O=C(O)c1cn(CCNc2ncnc3sccc23)cn1. The van der Waals surface area contributed by atoms with Gasteiger partial charge < -0.3 is 15.0 Å². The predicted molar refractivity (Wildman–Crippen MR) is 75.1 cm³/mol. The zero-order valence-electron chi connectivity index (χ0n) is 10.4. The maximum absolute atomic E-state index is 10.7. The van der Waals surface area contributed by atoms with E-state index >= 15 is 0 Å². The number of thiophene rings is 1. The summed E-state index contributed by atoms with van der Waals surface area (Å²) in [4.78, 5) is 23.8. The molecular weight excluding hydrogens is 278 g/mol. The summed E-state index contributed by atoms with van der Waals surface area (Å²) in [5.41, 5.74) is 0.0484. The lowest BCUT2D eigenvalue weighted by Gasteiger charge is -2.06. The summed E-state index contributed by atoms with van der Waals surface area (Å²) in [5, 5.41) is 15.0. The summed E-state index contributed by atoms with van der Waals surface area (Å²) in [6.45, 7) is 1.23. The van der Waals surface area contributed by atoms with Crippen LogP contribution in [-0.2, 0) is 6.54 Å². The van der Waals surface area contributed by atoms with Crippen LogP contribution in [0.2, 0.25) is 0 Å². The fourth-order valence-corrected chi connectivity index (χ4v) is 2.56. The van der Waals surface area contributed by atoms with E-state index in [9.17, 15) is 4.79 Å². The lowest BCUT2D eigenvalue weighted by Crippen LogP contribution is -2.10. The van der Waals surface area contributed by atoms with Gasteiger partial charge in [0.25, 0.3) is 0 Å². The van der Waals surface area contributed by atoms with Gasteiger partial charge in [-0.25, -0.2) is 19.7 Å². The van der Waals surface area contributed by atoms with Gasteiger partial charge >= 0.3 is 5.97 Å². The van der Waals surface area contributed by atoms with E-state index in [1.807, 2.05) is 11.4 Å². The molecule has 0 amide bonds. The number of imidazole rings is 1. The van der Waals surface area contributed by atoms with Crippen LogP contribution in [0.15, 0.2) is 30.3 Å². The lowest BCUT2D eigenvalue weighted by atomic mass is 10.4. The highest BCUT2D eigenvalue weighted by atomic mass is 32.1. The van der Waals surface area contributed by atoms with Crippen LogP contribution in [0.4, 0.5) is 5.82 Å². The van der Waals surface area contributed by atoms with Crippen molar-refractivity contribution in [2.75, 3.05) is 11.9 Å². The molecule has 7 nitrogen and oxygen atoms in total. The Morgan fingerprint density at radius 2 is 2.30 bits per heavy atom.